The van der Waals surface area contributed by atoms with Crippen LogP contribution in [0.15, 0.2) is 34.2 Å². The van der Waals surface area contributed by atoms with Crippen LogP contribution in [0.5, 0.6) is 0 Å². The van der Waals surface area contributed by atoms with Gasteiger partial charge >= 0.3 is 5.97 Å². The number of amides is 1. The van der Waals surface area contributed by atoms with Crippen LogP contribution in [0.2, 0.25) is 0 Å². The lowest BCUT2D eigenvalue weighted by Gasteiger charge is -2.06. The monoisotopic (exact) mass is 348 g/mol. The average Bonchev–Trinajstić information content (AvgIpc) is 2.57. The molecule has 0 atom stereocenters. The van der Waals surface area contributed by atoms with Crippen LogP contribution in [0.25, 0.3) is 0 Å². The molecule has 9 heteroatoms. The number of ether oxygens (including phenoxy) is 1. The smallest absolute Gasteiger partial charge is 0.338 e. The van der Waals surface area contributed by atoms with Crippen molar-refractivity contribution in [3.05, 3.63) is 45.9 Å². The van der Waals surface area contributed by atoms with Gasteiger partial charge in [-0.1, -0.05) is 11.8 Å². The molecular formula is C15H16N4O4S. The van der Waals surface area contributed by atoms with Crippen molar-refractivity contribution in [1.82, 2.24) is 15.2 Å². The predicted octanol–water partition coefficient (Wildman–Crippen LogP) is 1.38. The van der Waals surface area contributed by atoms with Gasteiger partial charge in [0.25, 0.3) is 5.56 Å². The number of hydrogen-bond acceptors (Lipinski definition) is 7. The summed E-state index contributed by atoms with van der Waals surface area (Å²) in [5, 5.41) is 10.4. The topological polar surface area (TPSA) is 114 Å². The first-order chi connectivity index (χ1) is 11.5. The van der Waals surface area contributed by atoms with Crippen molar-refractivity contribution < 1.29 is 14.3 Å². The highest BCUT2D eigenvalue weighted by Crippen LogP contribution is 2.13. The molecule has 2 aromatic rings. The maximum atomic E-state index is 11.9. The third kappa shape index (κ3) is 4.92. The van der Waals surface area contributed by atoms with Gasteiger partial charge in [-0.3, -0.25) is 14.6 Å². The Morgan fingerprint density at radius 1 is 1.25 bits per heavy atom. The SMILES string of the molecule is CCOC(=O)c1ccc(NC(=O)CSc2nnc(C)c(=O)[nH]2)cc1. The fourth-order valence-corrected chi connectivity index (χ4v) is 2.28. The summed E-state index contributed by atoms with van der Waals surface area (Å²) in [6.45, 7) is 3.58. The molecule has 1 aromatic carbocycles. The number of aromatic nitrogens is 3. The Kier molecular flexibility index (Phi) is 6.07. The van der Waals surface area contributed by atoms with Crippen molar-refractivity contribution in [2.45, 2.75) is 19.0 Å². The molecule has 1 amide bonds. The van der Waals surface area contributed by atoms with Gasteiger partial charge in [-0.2, -0.15) is 0 Å². The summed E-state index contributed by atoms with van der Waals surface area (Å²) < 4.78 is 4.88. The predicted molar refractivity (Wildman–Crippen MR) is 89.1 cm³/mol. The summed E-state index contributed by atoms with van der Waals surface area (Å²) in [5.74, 6) is -0.618. The highest BCUT2D eigenvalue weighted by Gasteiger charge is 2.09. The molecule has 0 bridgehead atoms. The van der Waals surface area contributed by atoms with Gasteiger partial charge in [0.15, 0.2) is 5.16 Å². The van der Waals surface area contributed by atoms with E-state index in [2.05, 4.69) is 20.5 Å². The molecule has 1 aromatic heterocycles. The Bertz CT molecular complexity index is 789. The fourth-order valence-electron chi connectivity index (χ4n) is 1.68. The first-order valence-electron chi connectivity index (χ1n) is 7.13. The Labute approximate surface area is 142 Å². The molecule has 0 unspecified atom stereocenters. The van der Waals surface area contributed by atoms with Crippen LogP contribution in [-0.4, -0.2) is 39.4 Å². The minimum absolute atomic E-state index is 0.0628. The lowest BCUT2D eigenvalue weighted by atomic mass is 10.2. The summed E-state index contributed by atoms with van der Waals surface area (Å²) in [5.41, 5.74) is 0.904. The number of thioether (sulfide) groups is 1. The number of carbonyl (C=O) groups excluding carboxylic acids is 2. The summed E-state index contributed by atoms with van der Waals surface area (Å²) in [7, 11) is 0. The summed E-state index contributed by atoms with van der Waals surface area (Å²) in [6, 6.07) is 6.37. The zero-order valence-corrected chi connectivity index (χ0v) is 14.0. The maximum absolute atomic E-state index is 11.9. The molecule has 0 aliphatic rings. The second-order valence-electron chi connectivity index (χ2n) is 4.68. The first kappa shape index (κ1) is 17.7. The number of esters is 1. The van der Waals surface area contributed by atoms with Crippen LogP contribution in [0.1, 0.15) is 23.0 Å². The Morgan fingerprint density at radius 2 is 1.96 bits per heavy atom. The molecule has 2 rings (SSSR count). The summed E-state index contributed by atoms with van der Waals surface area (Å²) in [6.07, 6.45) is 0. The number of hydrogen-bond donors (Lipinski definition) is 2. The average molecular weight is 348 g/mol. The van der Waals surface area contributed by atoms with E-state index in [9.17, 15) is 14.4 Å². The maximum Gasteiger partial charge on any atom is 0.338 e. The molecule has 2 N–H and O–H groups in total. The molecule has 0 aliphatic carbocycles. The van der Waals surface area contributed by atoms with Crippen LogP contribution < -0.4 is 10.9 Å². The van der Waals surface area contributed by atoms with Gasteiger partial charge in [0.1, 0.15) is 5.69 Å². The Hall–Kier alpha value is -2.68. The molecule has 126 valence electrons. The van der Waals surface area contributed by atoms with E-state index in [1.807, 2.05) is 0 Å². The quantitative estimate of drug-likeness (QED) is 0.599. The minimum Gasteiger partial charge on any atom is -0.462 e. The first-order valence-corrected chi connectivity index (χ1v) is 8.11. The molecule has 8 nitrogen and oxygen atoms in total. The third-order valence-corrected chi connectivity index (χ3v) is 3.72. The second kappa shape index (κ2) is 8.25. The van der Waals surface area contributed by atoms with Gasteiger partial charge < -0.3 is 10.1 Å². The van der Waals surface area contributed by atoms with Crippen LogP contribution in [0, 0.1) is 6.92 Å². The highest BCUT2D eigenvalue weighted by atomic mass is 32.2. The van der Waals surface area contributed by atoms with Gasteiger partial charge in [0, 0.05) is 5.69 Å². The fraction of sp³-hybridized carbons (Fsp3) is 0.267. The van der Waals surface area contributed by atoms with E-state index in [0.29, 0.717) is 17.9 Å². The molecule has 0 saturated carbocycles. The van der Waals surface area contributed by atoms with Crippen molar-refractivity contribution >= 4 is 29.3 Å². The lowest BCUT2D eigenvalue weighted by molar-refractivity contribution is -0.113. The van der Waals surface area contributed by atoms with E-state index in [1.54, 1.807) is 38.1 Å². The van der Waals surface area contributed by atoms with Gasteiger partial charge in [-0.25, -0.2) is 4.79 Å². The van der Waals surface area contributed by atoms with Gasteiger partial charge in [-0.15, -0.1) is 10.2 Å². The number of benzene rings is 1. The number of nitrogens with zero attached hydrogens (tertiary/aromatic N) is 2. The molecule has 0 saturated heterocycles. The van der Waals surface area contributed by atoms with Gasteiger partial charge in [0.2, 0.25) is 5.91 Å². The van der Waals surface area contributed by atoms with Crippen molar-refractivity contribution in [3.8, 4) is 0 Å². The largest absolute Gasteiger partial charge is 0.462 e. The standard InChI is InChI=1S/C15H16N4O4S/c1-3-23-14(22)10-4-6-11(7-5-10)16-12(20)8-24-15-17-13(21)9(2)18-19-15/h4-7H,3,8H2,1-2H3,(H,16,20)(H,17,19,21). The van der Waals surface area contributed by atoms with E-state index in [1.165, 1.54) is 0 Å². The molecule has 0 radical (unpaired) electrons. The second-order valence-corrected chi connectivity index (χ2v) is 5.64. The van der Waals surface area contributed by atoms with Gasteiger partial charge in [-0.05, 0) is 38.1 Å². The van der Waals surface area contributed by atoms with E-state index >= 15 is 0 Å². The Balaban J connectivity index is 1.89. The molecule has 0 aliphatic heterocycles. The van der Waals surface area contributed by atoms with E-state index < -0.39 is 5.97 Å². The van der Waals surface area contributed by atoms with Crippen LogP contribution >= 0.6 is 11.8 Å². The van der Waals surface area contributed by atoms with E-state index in [4.69, 9.17) is 4.74 Å². The highest BCUT2D eigenvalue weighted by molar-refractivity contribution is 7.99. The number of anilines is 1. The lowest BCUT2D eigenvalue weighted by Crippen LogP contribution is -2.17. The molecule has 24 heavy (non-hydrogen) atoms. The zero-order valence-electron chi connectivity index (χ0n) is 13.2. The van der Waals surface area contributed by atoms with E-state index in [-0.39, 0.29) is 28.1 Å². The minimum atomic E-state index is -0.409. The summed E-state index contributed by atoms with van der Waals surface area (Å²) in [4.78, 5) is 37.4. The molecule has 0 fully saturated rings. The molecule has 1 heterocycles. The number of carbonyl (C=O) groups is 2. The van der Waals surface area contributed by atoms with Crippen LogP contribution in [0.4, 0.5) is 5.69 Å². The van der Waals surface area contributed by atoms with Crippen LogP contribution in [0.3, 0.4) is 0 Å². The third-order valence-electron chi connectivity index (χ3n) is 2.86. The number of rotatable bonds is 6. The summed E-state index contributed by atoms with van der Waals surface area (Å²) >= 11 is 1.07. The Morgan fingerprint density at radius 3 is 2.58 bits per heavy atom. The molecular weight excluding hydrogens is 332 g/mol. The van der Waals surface area contributed by atoms with Crippen molar-refractivity contribution in [2.75, 3.05) is 17.7 Å². The van der Waals surface area contributed by atoms with Crippen LogP contribution in [-0.2, 0) is 9.53 Å². The van der Waals surface area contributed by atoms with Crippen molar-refractivity contribution in [3.63, 3.8) is 0 Å². The van der Waals surface area contributed by atoms with E-state index in [0.717, 1.165) is 11.8 Å². The van der Waals surface area contributed by atoms with Crippen molar-refractivity contribution in [2.24, 2.45) is 0 Å². The van der Waals surface area contributed by atoms with Gasteiger partial charge in [0.05, 0.1) is 17.9 Å². The molecule has 0 spiro atoms. The van der Waals surface area contributed by atoms with Crippen molar-refractivity contribution in [1.29, 1.82) is 0 Å². The number of aromatic amines is 1. The number of H-pyrrole nitrogens is 1. The number of aryl methyl sites for hydroxylation is 1. The number of nitrogens with one attached hydrogen (secondary N) is 2. The normalized spacial score (nSPS) is 10.2. The zero-order chi connectivity index (χ0) is 17.5.